The van der Waals surface area contributed by atoms with Gasteiger partial charge in [-0.25, -0.2) is 4.39 Å². The van der Waals surface area contributed by atoms with Crippen LogP contribution in [0.1, 0.15) is 6.92 Å². The SMILES string of the molecule is CCOC(=O)Cn1c(=NS(=O)(=O)c2ccc(F)cc2)sc2cc(OC)c(OC)cc21. The van der Waals surface area contributed by atoms with E-state index < -0.39 is 21.8 Å². The largest absolute Gasteiger partial charge is 0.493 e. The van der Waals surface area contributed by atoms with Crippen LogP contribution < -0.4 is 14.3 Å². The van der Waals surface area contributed by atoms with Crippen molar-refractivity contribution >= 4 is 37.5 Å². The molecule has 3 rings (SSSR count). The van der Waals surface area contributed by atoms with E-state index in [4.69, 9.17) is 14.2 Å². The highest BCUT2D eigenvalue weighted by molar-refractivity contribution is 7.90. The van der Waals surface area contributed by atoms with Gasteiger partial charge in [0.25, 0.3) is 10.0 Å². The maximum atomic E-state index is 13.2. The molecule has 0 bridgehead atoms. The van der Waals surface area contributed by atoms with Crippen molar-refractivity contribution in [1.29, 1.82) is 0 Å². The number of hydrogen-bond donors (Lipinski definition) is 0. The quantitative estimate of drug-likeness (QED) is 0.510. The zero-order chi connectivity index (χ0) is 21.9. The maximum absolute atomic E-state index is 13.2. The van der Waals surface area contributed by atoms with E-state index in [1.54, 1.807) is 19.1 Å². The molecule has 8 nitrogen and oxygen atoms in total. The Kier molecular flexibility index (Phi) is 6.42. The van der Waals surface area contributed by atoms with Crippen molar-refractivity contribution in [2.45, 2.75) is 18.4 Å². The van der Waals surface area contributed by atoms with Gasteiger partial charge in [-0.05, 0) is 31.2 Å². The summed E-state index contributed by atoms with van der Waals surface area (Å²) < 4.78 is 60.2. The monoisotopic (exact) mass is 454 g/mol. The average Bonchev–Trinajstić information content (AvgIpc) is 3.02. The van der Waals surface area contributed by atoms with E-state index in [9.17, 15) is 17.6 Å². The summed E-state index contributed by atoms with van der Waals surface area (Å²) in [5.41, 5.74) is 0.527. The fourth-order valence-electron chi connectivity index (χ4n) is 2.72. The number of rotatable bonds is 7. The normalized spacial score (nSPS) is 12.2. The van der Waals surface area contributed by atoms with Crippen LogP contribution in [0.3, 0.4) is 0 Å². The highest BCUT2D eigenvalue weighted by Gasteiger charge is 2.18. The molecule has 0 aliphatic carbocycles. The van der Waals surface area contributed by atoms with Gasteiger partial charge in [0.15, 0.2) is 11.5 Å². The van der Waals surface area contributed by atoms with E-state index in [-0.39, 0.29) is 22.8 Å². The third-order valence-corrected chi connectivity index (χ3v) is 6.53. The lowest BCUT2D eigenvalue weighted by atomic mass is 10.3. The minimum Gasteiger partial charge on any atom is -0.493 e. The molecule has 0 saturated heterocycles. The number of carbonyl (C=O) groups excluding carboxylic acids is 1. The summed E-state index contributed by atoms with van der Waals surface area (Å²) >= 11 is 1.06. The number of halogens is 1. The molecule has 0 N–H and O–H groups in total. The fraction of sp³-hybridized carbons (Fsp3) is 0.263. The van der Waals surface area contributed by atoms with Gasteiger partial charge in [-0.15, -0.1) is 4.40 Å². The van der Waals surface area contributed by atoms with Crippen LogP contribution in [0.2, 0.25) is 0 Å². The molecule has 1 aromatic heterocycles. The number of nitrogens with zero attached hydrogens (tertiary/aromatic N) is 2. The summed E-state index contributed by atoms with van der Waals surface area (Å²) in [6, 6.07) is 7.63. The molecule has 0 saturated carbocycles. The van der Waals surface area contributed by atoms with Crippen LogP contribution in [-0.2, 0) is 26.1 Å². The van der Waals surface area contributed by atoms with Gasteiger partial charge < -0.3 is 18.8 Å². The van der Waals surface area contributed by atoms with Crippen LogP contribution in [0.4, 0.5) is 4.39 Å². The Balaban J connectivity index is 2.24. The Morgan fingerprint density at radius 2 is 1.77 bits per heavy atom. The van der Waals surface area contributed by atoms with Gasteiger partial charge in [0.05, 0.1) is 35.9 Å². The van der Waals surface area contributed by atoms with Crippen molar-refractivity contribution < 1.29 is 31.8 Å². The van der Waals surface area contributed by atoms with Crippen LogP contribution >= 0.6 is 11.3 Å². The van der Waals surface area contributed by atoms with Gasteiger partial charge >= 0.3 is 5.97 Å². The van der Waals surface area contributed by atoms with Crippen molar-refractivity contribution in [3.8, 4) is 11.5 Å². The fourth-order valence-corrected chi connectivity index (χ4v) is 4.96. The van der Waals surface area contributed by atoms with Crippen LogP contribution in [0.5, 0.6) is 11.5 Å². The first-order chi connectivity index (χ1) is 14.3. The second kappa shape index (κ2) is 8.84. The highest BCUT2D eigenvalue weighted by Crippen LogP contribution is 2.33. The van der Waals surface area contributed by atoms with E-state index in [0.29, 0.717) is 21.7 Å². The molecule has 160 valence electrons. The van der Waals surface area contributed by atoms with Crippen molar-refractivity contribution in [1.82, 2.24) is 4.57 Å². The van der Waals surface area contributed by atoms with Crippen molar-refractivity contribution in [3.05, 3.63) is 47.0 Å². The lowest BCUT2D eigenvalue weighted by Crippen LogP contribution is -2.23. The molecule has 0 atom stereocenters. The minimum atomic E-state index is -4.15. The van der Waals surface area contributed by atoms with Gasteiger partial charge in [-0.1, -0.05) is 11.3 Å². The number of ether oxygens (including phenoxy) is 3. The predicted octanol–water partition coefficient (Wildman–Crippen LogP) is 2.71. The summed E-state index contributed by atoms with van der Waals surface area (Å²) in [4.78, 5) is 12.0. The molecule has 0 spiro atoms. The molecule has 0 radical (unpaired) electrons. The van der Waals surface area contributed by atoms with E-state index in [0.717, 1.165) is 35.6 Å². The number of benzene rings is 2. The van der Waals surface area contributed by atoms with Crippen molar-refractivity contribution in [2.24, 2.45) is 4.40 Å². The number of hydrogen-bond acceptors (Lipinski definition) is 7. The molecular formula is C19H19FN2O6S2. The zero-order valence-electron chi connectivity index (χ0n) is 16.4. The molecule has 3 aromatic rings. The second-order valence-electron chi connectivity index (χ2n) is 5.97. The maximum Gasteiger partial charge on any atom is 0.326 e. The number of carbonyl (C=O) groups is 1. The molecule has 0 amide bonds. The predicted molar refractivity (Wildman–Crippen MR) is 109 cm³/mol. The van der Waals surface area contributed by atoms with E-state index in [1.165, 1.54) is 18.8 Å². The van der Waals surface area contributed by atoms with Gasteiger partial charge in [0.2, 0.25) is 4.80 Å². The molecule has 1 heterocycles. The number of thiazole rings is 1. The summed E-state index contributed by atoms with van der Waals surface area (Å²) in [6.45, 7) is 1.60. The number of aromatic nitrogens is 1. The Labute approximate surface area is 176 Å². The first kappa shape index (κ1) is 21.8. The summed E-state index contributed by atoms with van der Waals surface area (Å²) in [5.74, 6) is -0.254. The number of methoxy groups -OCH3 is 2. The highest BCUT2D eigenvalue weighted by atomic mass is 32.2. The van der Waals surface area contributed by atoms with E-state index in [1.807, 2.05) is 0 Å². The van der Waals surface area contributed by atoms with Gasteiger partial charge in [0, 0.05) is 12.1 Å². The third kappa shape index (κ3) is 4.46. The molecule has 0 unspecified atom stereocenters. The second-order valence-corrected chi connectivity index (χ2v) is 8.58. The summed E-state index contributed by atoms with van der Waals surface area (Å²) in [5, 5.41) is 0. The van der Waals surface area contributed by atoms with Crippen LogP contribution in [0.15, 0.2) is 45.7 Å². The topological polar surface area (TPSA) is 96.2 Å². The first-order valence-electron chi connectivity index (χ1n) is 8.76. The Hall–Kier alpha value is -2.92. The standard InChI is InChI=1S/C19H19FN2O6S2/c1-4-28-18(23)11-22-14-9-15(26-2)16(27-3)10-17(14)29-19(22)21-30(24,25)13-7-5-12(20)6-8-13/h5-10H,4,11H2,1-3H3. The molecule has 2 aromatic carbocycles. The van der Waals surface area contributed by atoms with Gasteiger partial charge in [0.1, 0.15) is 12.4 Å². The number of fused-ring (bicyclic) bond motifs is 1. The van der Waals surface area contributed by atoms with E-state index in [2.05, 4.69) is 4.40 Å². The van der Waals surface area contributed by atoms with Crippen LogP contribution in [0.25, 0.3) is 10.2 Å². The Bertz CT molecular complexity index is 1250. The Morgan fingerprint density at radius 3 is 2.37 bits per heavy atom. The Morgan fingerprint density at radius 1 is 1.13 bits per heavy atom. The lowest BCUT2D eigenvalue weighted by molar-refractivity contribution is -0.143. The smallest absolute Gasteiger partial charge is 0.326 e. The first-order valence-corrected chi connectivity index (χ1v) is 11.0. The molecular weight excluding hydrogens is 435 g/mol. The molecule has 11 heteroatoms. The van der Waals surface area contributed by atoms with Crippen LogP contribution in [-0.4, -0.2) is 39.8 Å². The lowest BCUT2D eigenvalue weighted by Gasteiger charge is -2.09. The summed E-state index contributed by atoms with van der Waals surface area (Å²) in [7, 11) is -1.20. The molecule has 0 aliphatic heterocycles. The van der Waals surface area contributed by atoms with Crippen molar-refractivity contribution in [2.75, 3.05) is 20.8 Å². The molecule has 30 heavy (non-hydrogen) atoms. The summed E-state index contributed by atoms with van der Waals surface area (Å²) in [6.07, 6.45) is 0. The average molecular weight is 455 g/mol. The third-order valence-electron chi connectivity index (χ3n) is 4.09. The van der Waals surface area contributed by atoms with Gasteiger partial charge in [-0.2, -0.15) is 8.42 Å². The molecule has 0 aliphatic rings. The van der Waals surface area contributed by atoms with Crippen LogP contribution in [0, 0.1) is 5.82 Å². The van der Waals surface area contributed by atoms with Crippen molar-refractivity contribution in [3.63, 3.8) is 0 Å². The number of esters is 1. The molecule has 0 fully saturated rings. The number of sulfonamides is 1. The minimum absolute atomic E-state index is 0.0534. The zero-order valence-corrected chi connectivity index (χ0v) is 18.0. The van der Waals surface area contributed by atoms with Gasteiger partial charge in [-0.3, -0.25) is 4.79 Å². The van der Waals surface area contributed by atoms with E-state index >= 15 is 0 Å².